The minimum atomic E-state index is -0.105. The second kappa shape index (κ2) is 6.41. The van der Waals surface area contributed by atoms with Crippen LogP contribution in [0.15, 0.2) is 53.3 Å². The number of aromatic nitrogens is 2. The third-order valence-corrected chi connectivity index (χ3v) is 3.44. The van der Waals surface area contributed by atoms with Gasteiger partial charge in [0.2, 0.25) is 0 Å². The Kier molecular flexibility index (Phi) is 4.16. The molecule has 0 atom stereocenters. The van der Waals surface area contributed by atoms with Crippen molar-refractivity contribution in [1.29, 1.82) is 0 Å². The molecule has 0 fully saturated rings. The van der Waals surface area contributed by atoms with Gasteiger partial charge in [-0.15, -0.1) is 0 Å². The molecule has 112 valence electrons. The molecular formula is C17H17N3O2. The Morgan fingerprint density at radius 2 is 1.86 bits per heavy atom. The molecule has 0 aliphatic carbocycles. The van der Waals surface area contributed by atoms with Crippen LogP contribution in [0, 0.1) is 0 Å². The summed E-state index contributed by atoms with van der Waals surface area (Å²) >= 11 is 0. The molecule has 3 aromatic rings. The van der Waals surface area contributed by atoms with E-state index in [2.05, 4.69) is 15.3 Å². The van der Waals surface area contributed by atoms with Crippen molar-refractivity contribution < 1.29 is 4.74 Å². The molecule has 0 unspecified atom stereocenters. The lowest BCUT2D eigenvalue weighted by Gasteiger charge is -2.06. The molecular weight excluding hydrogens is 278 g/mol. The van der Waals surface area contributed by atoms with Gasteiger partial charge in [0.1, 0.15) is 11.6 Å². The van der Waals surface area contributed by atoms with E-state index in [-0.39, 0.29) is 5.56 Å². The zero-order valence-electron chi connectivity index (χ0n) is 12.3. The van der Waals surface area contributed by atoms with Gasteiger partial charge >= 0.3 is 0 Å². The zero-order valence-corrected chi connectivity index (χ0v) is 12.3. The van der Waals surface area contributed by atoms with E-state index >= 15 is 0 Å². The number of aromatic amines is 1. The van der Waals surface area contributed by atoms with Gasteiger partial charge in [-0.2, -0.15) is 0 Å². The first-order chi connectivity index (χ1) is 10.8. The number of methoxy groups -OCH3 is 1. The fourth-order valence-corrected chi connectivity index (χ4v) is 2.29. The van der Waals surface area contributed by atoms with Gasteiger partial charge in [0.25, 0.3) is 5.56 Å². The van der Waals surface area contributed by atoms with Gasteiger partial charge in [-0.05, 0) is 29.8 Å². The Morgan fingerprint density at radius 1 is 1.09 bits per heavy atom. The smallest absolute Gasteiger partial charge is 0.258 e. The van der Waals surface area contributed by atoms with E-state index in [0.717, 1.165) is 11.3 Å². The number of hydrogen-bond donors (Lipinski definition) is 2. The van der Waals surface area contributed by atoms with Gasteiger partial charge in [-0.1, -0.05) is 24.3 Å². The lowest BCUT2D eigenvalue weighted by atomic mass is 10.2. The van der Waals surface area contributed by atoms with Crippen molar-refractivity contribution in [2.24, 2.45) is 0 Å². The van der Waals surface area contributed by atoms with Crippen molar-refractivity contribution >= 4 is 10.9 Å². The van der Waals surface area contributed by atoms with E-state index in [0.29, 0.717) is 29.8 Å². The number of para-hydroxylation sites is 1. The van der Waals surface area contributed by atoms with Crippen molar-refractivity contribution in [2.45, 2.75) is 13.1 Å². The number of fused-ring (bicyclic) bond motifs is 1. The molecule has 22 heavy (non-hydrogen) atoms. The standard InChI is InChI=1S/C17H17N3O2/c1-22-13-8-6-12(7-9-13)10-18-11-16-19-15-5-3-2-4-14(15)17(21)20-16/h2-9,18H,10-11H2,1H3,(H,19,20,21). The zero-order chi connectivity index (χ0) is 15.4. The fraction of sp³-hybridized carbons (Fsp3) is 0.176. The van der Waals surface area contributed by atoms with Crippen molar-refractivity contribution in [3.05, 3.63) is 70.3 Å². The SMILES string of the molecule is COc1ccc(CNCc2nc3ccccc3c(=O)[nH]2)cc1. The van der Waals surface area contributed by atoms with Gasteiger partial charge in [0.15, 0.2) is 0 Å². The monoisotopic (exact) mass is 295 g/mol. The van der Waals surface area contributed by atoms with Gasteiger partial charge in [-0.3, -0.25) is 4.79 Å². The summed E-state index contributed by atoms with van der Waals surface area (Å²) in [5.41, 5.74) is 1.75. The number of benzene rings is 2. The Balaban J connectivity index is 1.67. The van der Waals surface area contributed by atoms with Crippen LogP contribution in [0.1, 0.15) is 11.4 Å². The number of nitrogens with zero attached hydrogens (tertiary/aromatic N) is 1. The Hall–Kier alpha value is -2.66. The lowest BCUT2D eigenvalue weighted by Crippen LogP contribution is -2.19. The Morgan fingerprint density at radius 3 is 2.64 bits per heavy atom. The van der Waals surface area contributed by atoms with Crippen molar-refractivity contribution in [3.8, 4) is 5.75 Å². The molecule has 0 bridgehead atoms. The first-order valence-electron chi connectivity index (χ1n) is 7.08. The molecule has 5 heteroatoms. The molecule has 3 rings (SSSR count). The molecule has 0 amide bonds. The molecule has 2 aromatic carbocycles. The largest absolute Gasteiger partial charge is 0.497 e. The summed E-state index contributed by atoms with van der Waals surface area (Å²) in [5, 5.41) is 3.89. The first kappa shape index (κ1) is 14.3. The van der Waals surface area contributed by atoms with Crippen LogP contribution < -0.4 is 15.6 Å². The van der Waals surface area contributed by atoms with E-state index < -0.39 is 0 Å². The molecule has 0 spiro atoms. The summed E-state index contributed by atoms with van der Waals surface area (Å²) in [7, 11) is 1.65. The van der Waals surface area contributed by atoms with E-state index in [1.165, 1.54) is 0 Å². The van der Waals surface area contributed by atoms with E-state index in [9.17, 15) is 4.79 Å². The highest BCUT2D eigenvalue weighted by molar-refractivity contribution is 5.77. The van der Waals surface area contributed by atoms with Gasteiger partial charge < -0.3 is 15.0 Å². The fourth-order valence-electron chi connectivity index (χ4n) is 2.29. The molecule has 1 aromatic heterocycles. The van der Waals surface area contributed by atoms with Crippen LogP contribution in [0.25, 0.3) is 10.9 Å². The van der Waals surface area contributed by atoms with Crippen LogP contribution in [0.5, 0.6) is 5.75 Å². The number of nitrogens with one attached hydrogen (secondary N) is 2. The molecule has 2 N–H and O–H groups in total. The molecule has 0 saturated carbocycles. The third kappa shape index (κ3) is 3.15. The summed E-state index contributed by atoms with van der Waals surface area (Å²) in [4.78, 5) is 19.2. The predicted octanol–water partition coefficient (Wildman–Crippen LogP) is 2.22. The maximum absolute atomic E-state index is 12.0. The number of ether oxygens (including phenoxy) is 1. The average molecular weight is 295 g/mol. The third-order valence-electron chi connectivity index (χ3n) is 3.44. The minimum Gasteiger partial charge on any atom is -0.497 e. The maximum atomic E-state index is 12.0. The summed E-state index contributed by atoms with van der Waals surface area (Å²) in [5.74, 6) is 1.47. The van der Waals surface area contributed by atoms with E-state index in [4.69, 9.17) is 4.74 Å². The van der Waals surface area contributed by atoms with Crippen LogP contribution in [0.3, 0.4) is 0 Å². The molecule has 0 saturated heterocycles. The predicted molar refractivity (Wildman–Crippen MR) is 85.9 cm³/mol. The Labute approximate surface area is 128 Å². The van der Waals surface area contributed by atoms with Crippen LogP contribution in [0.2, 0.25) is 0 Å². The van der Waals surface area contributed by atoms with Gasteiger partial charge in [-0.25, -0.2) is 4.98 Å². The first-order valence-corrected chi connectivity index (χ1v) is 7.08. The van der Waals surface area contributed by atoms with Crippen LogP contribution in [-0.2, 0) is 13.1 Å². The number of rotatable bonds is 5. The summed E-state index contributed by atoms with van der Waals surface area (Å²) < 4.78 is 5.13. The normalized spacial score (nSPS) is 10.8. The average Bonchev–Trinajstić information content (AvgIpc) is 2.56. The highest BCUT2D eigenvalue weighted by atomic mass is 16.5. The molecule has 0 aliphatic heterocycles. The van der Waals surface area contributed by atoms with Gasteiger partial charge in [0, 0.05) is 6.54 Å². The number of H-pyrrole nitrogens is 1. The highest BCUT2D eigenvalue weighted by Gasteiger charge is 2.03. The minimum absolute atomic E-state index is 0.105. The number of hydrogen-bond acceptors (Lipinski definition) is 4. The summed E-state index contributed by atoms with van der Waals surface area (Å²) in [6.07, 6.45) is 0. The van der Waals surface area contributed by atoms with Crippen LogP contribution in [-0.4, -0.2) is 17.1 Å². The second-order valence-corrected chi connectivity index (χ2v) is 4.98. The molecule has 1 heterocycles. The lowest BCUT2D eigenvalue weighted by molar-refractivity contribution is 0.414. The van der Waals surface area contributed by atoms with Crippen LogP contribution in [0.4, 0.5) is 0 Å². The quantitative estimate of drug-likeness (QED) is 0.757. The van der Waals surface area contributed by atoms with Crippen molar-refractivity contribution in [2.75, 3.05) is 7.11 Å². The maximum Gasteiger partial charge on any atom is 0.258 e. The topological polar surface area (TPSA) is 67.0 Å². The molecule has 0 aliphatic rings. The Bertz CT molecular complexity index is 825. The molecule has 0 radical (unpaired) electrons. The van der Waals surface area contributed by atoms with E-state index in [1.54, 1.807) is 13.2 Å². The van der Waals surface area contributed by atoms with Gasteiger partial charge in [0.05, 0.1) is 24.6 Å². The van der Waals surface area contributed by atoms with Crippen LogP contribution >= 0.6 is 0 Å². The van der Waals surface area contributed by atoms with E-state index in [1.807, 2.05) is 42.5 Å². The molecule has 5 nitrogen and oxygen atoms in total. The summed E-state index contributed by atoms with van der Waals surface area (Å²) in [6.45, 7) is 1.20. The second-order valence-electron chi connectivity index (χ2n) is 4.98. The van der Waals surface area contributed by atoms with Crippen molar-refractivity contribution in [3.63, 3.8) is 0 Å². The highest BCUT2D eigenvalue weighted by Crippen LogP contribution is 2.11. The van der Waals surface area contributed by atoms with Crippen molar-refractivity contribution in [1.82, 2.24) is 15.3 Å². The summed E-state index contributed by atoms with van der Waals surface area (Å²) in [6, 6.07) is 15.2.